The minimum Gasteiger partial charge on any atom is -0.435 e. The zero-order valence-corrected chi connectivity index (χ0v) is 20.3. The Morgan fingerprint density at radius 3 is 2.49 bits per heavy atom. The van der Waals surface area contributed by atoms with Crippen LogP contribution < -0.4 is 9.64 Å². The highest BCUT2D eigenvalue weighted by atomic mass is 19.3. The van der Waals surface area contributed by atoms with Crippen molar-refractivity contribution in [2.24, 2.45) is 0 Å². The van der Waals surface area contributed by atoms with Crippen molar-refractivity contribution in [3.63, 3.8) is 0 Å². The lowest BCUT2D eigenvalue weighted by molar-refractivity contribution is -0.0506. The Balaban J connectivity index is 1.18. The first kappa shape index (κ1) is 23.2. The summed E-state index contributed by atoms with van der Waals surface area (Å²) in [7, 11) is 0. The third kappa shape index (κ3) is 3.34. The van der Waals surface area contributed by atoms with E-state index in [1.165, 1.54) is 12.1 Å². The van der Waals surface area contributed by atoms with E-state index < -0.39 is 24.5 Å². The minimum absolute atomic E-state index is 0.0268. The van der Waals surface area contributed by atoms with Crippen LogP contribution in [-0.2, 0) is 9.47 Å². The molecule has 12 heteroatoms. The number of ether oxygens (including phenoxy) is 3. The van der Waals surface area contributed by atoms with E-state index in [-0.39, 0.29) is 42.0 Å². The van der Waals surface area contributed by atoms with Gasteiger partial charge in [-0.2, -0.15) is 8.78 Å². The molecule has 0 unspecified atom stereocenters. The second-order valence-corrected chi connectivity index (χ2v) is 10.3. The Morgan fingerprint density at radius 2 is 1.77 bits per heavy atom. The van der Waals surface area contributed by atoms with E-state index in [0.29, 0.717) is 47.3 Å². The monoisotopic (exact) mass is 537 g/mol. The molecule has 8 rings (SSSR count). The zero-order chi connectivity index (χ0) is 26.4. The topological polar surface area (TPSA) is 94.2 Å². The lowest BCUT2D eigenvalue weighted by atomic mass is 9.95. The molecule has 6 atom stereocenters. The van der Waals surface area contributed by atoms with Crippen molar-refractivity contribution in [2.45, 2.75) is 49.3 Å². The maximum absolute atomic E-state index is 15.3. The van der Waals surface area contributed by atoms with Gasteiger partial charge in [-0.3, -0.25) is 0 Å². The van der Waals surface area contributed by atoms with Crippen LogP contribution in [-0.4, -0.2) is 68.6 Å². The average molecular weight is 537 g/mol. The quantitative estimate of drug-likeness (QED) is 0.414. The van der Waals surface area contributed by atoms with E-state index in [2.05, 4.69) is 19.9 Å². The van der Waals surface area contributed by atoms with Crippen molar-refractivity contribution in [3.8, 4) is 16.9 Å². The van der Waals surface area contributed by atoms with Gasteiger partial charge in [0.15, 0.2) is 0 Å². The Kier molecular flexibility index (Phi) is 4.98. The fourth-order valence-electron chi connectivity index (χ4n) is 6.67. The molecule has 1 aromatic carbocycles. The van der Waals surface area contributed by atoms with Crippen molar-refractivity contribution < 1.29 is 32.5 Å². The molecule has 4 aliphatic rings. The van der Waals surface area contributed by atoms with Crippen LogP contribution in [0.2, 0.25) is 0 Å². The molecule has 0 spiro atoms. The number of rotatable bonds is 5. The van der Waals surface area contributed by atoms with E-state index in [4.69, 9.17) is 14.2 Å². The molecule has 0 radical (unpaired) electrons. The second-order valence-electron chi connectivity index (χ2n) is 10.3. The van der Waals surface area contributed by atoms with Crippen molar-refractivity contribution >= 4 is 11.6 Å². The van der Waals surface area contributed by atoms with Crippen molar-refractivity contribution in [1.29, 1.82) is 0 Å². The van der Waals surface area contributed by atoms with E-state index in [1.807, 2.05) is 0 Å². The largest absolute Gasteiger partial charge is 0.435 e. The second kappa shape index (κ2) is 8.38. The minimum atomic E-state index is -2.99. The molecule has 0 amide bonds. The number of hydrogen-bond donors (Lipinski definition) is 1. The van der Waals surface area contributed by atoms with Crippen LogP contribution >= 0.6 is 0 Å². The third-order valence-electron chi connectivity index (χ3n) is 8.29. The van der Waals surface area contributed by atoms with Gasteiger partial charge in [0.05, 0.1) is 42.8 Å². The maximum Gasteiger partial charge on any atom is 0.387 e. The number of morpholine rings is 2. The summed E-state index contributed by atoms with van der Waals surface area (Å²) in [6.07, 6.45) is 4.13. The number of nitrogens with zero attached hydrogens (tertiary/aromatic N) is 5. The van der Waals surface area contributed by atoms with Gasteiger partial charge in [0.2, 0.25) is 5.95 Å². The molecule has 3 fully saturated rings. The number of alkyl halides is 2. The Labute approximate surface area is 219 Å². The molecule has 0 saturated carbocycles. The van der Waals surface area contributed by atoms with E-state index in [1.54, 1.807) is 41.2 Å². The summed E-state index contributed by atoms with van der Waals surface area (Å²) in [5, 5.41) is 10.8. The molecule has 3 saturated heterocycles. The molecule has 3 aliphatic heterocycles. The summed E-state index contributed by atoms with van der Waals surface area (Å²) in [6.45, 7) is -1.87. The molecule has 3 aromatic heterocycles. The molecule has 200 valence electrons. The van der Waals surface area contributed by atoms with Crippen molar-refractivity contribution in [3.05, 3.63) is 71.7 Å². The van der Waals surface area contributed by atoms with Gasteiger partial charge in [-0.25, -0.2) is 19.3 Å². The number of para-hydroxylation sites is 1. The molecule has 1 aliphatic carbocycles. The summed E-state index contributed by atoms with van der Waals surface area (Å²) >= 11 is 0. The number of aromatic nitrogens is 4. The predicted molar refractivity (Wildman–Crippen MR) is 130 cm³/mol. The molecular weight excluding hydrogens is 515 g/mol. The summed E-state index contributed by atoms with van der Waals surface area (Å²) in [5.41, 5.74) is 2.52. The van der Waals surface area contributed by atoms with Crippen LogP contribution in [0.5, 0.6) is 5.75 Å². The number of benzene rings is 1. The molecular formula is C27H22F3N5O4. The average Bonchev–Trinajstić information content (AvgIpc) is 3.73. The zero-order valence-electron chi connectivity index (χ0n) is 20.3. The number of aliphatic hydroxyl groups is 1. The summed E-state index contributed by atoms with van der Waals surface area (Å²) in [5.74, 6) is -0.422. The number of aliphatic hydroxyl groups excluding tert-OH is 1. The highest BCUT2D eigenvalue weighted by molar-refractivity contribution is 5.66. The van der Waals surface area contributed by atoms with Crippen LogP contribution in [0.15, 0.2) is 48.9 Å². The highest BCUT2D eigenvalue weighted by Crippen LogP contribution is 2.47. The van der Waals surface area contributed by atoms with E-state index in [9.17, 15) is 13.9 Å². The number of anilines is 1. The summed E-state index contributed by atoms with van der Waals surface area (Å²) in [6, 6.07) is 7.92. The smallest absolute Gasteiger partial charge is 0.387 e. The van der Waals surface area contributed by atoms with Crippen LogP contribution in [0.4, 0.5) is 19.1 Å². The van der Waals surface area contributed by atoms with Crippen LogP contribution in [0.25, 0.3) is 16.8 Å². The number of fused-ring (bicyclic) bond motifs is 3. The van der Waals surface area contributed by atoms with Gasteiger partial charge in [-0.05, 0) is 12.5 Å². The summed E-state index contributed by atoms with van der Waals surface area (Å²) < 4.78 is 59.6. The van der Waals surface area contributed by atoms with Gasteiger partial charge in [-0.1, -0.05) is 18.2 Å². The number of imidazole rings is 1. The molecule has 1 N–H and O–H groups in total. The van der Waals surface area contributed by atoms with Crippen molar-refractivity contribution in [2.75, 3.05) is 18.1 Å². The maximum atomic E-state index is 15.3. The fraction of sp³-hybridized carbons (Fsp3) is 0.370. The van der Waals surface area contributed by atoms with Crippen LogP contribution in [0.1, 0.15) is 35.4 Å². The van der Waals surface area contributed by atoms with E-state index in [0.717, 1.165) is 0 Å². The Morgan fingerprint density at radius 1 is 1.05 bits per heavy atom. The number of halogens is 3. The first-order valence-electron chi connectivity index (χ1n) is 12.7. The lowest BCUT2D eigenvalue weighted by Gasteiger charge is -2.35. The third-order valence-corrected chi connectivity index (χ3v) is 8.29. The first-order chi connectivity index (χ1) is 19.0. The molecule has 4 aromatic rings. The molecule has 6 heterocycles. The van der Waals surface area contributed by atoms with Crippen LogP contribution in [0.3, 0.4) is 0 Å². The standard InChI is InChI=1S/C27H22F3N5O4/c28-16-6-21-33-22-19(36)5-14(13-3-1-2-4-20(13)39-26(29)30)23(22)34(21)9-15(16)12-7-31-27(32-8-12)35-17-10-37-25-18(35)11-38-24(17)25/h1-4,6-9,14,17-19,24-26,36H,5,10-11H2/t14-,17-,18-,19-,24-,25+/m1/s1. The van der Waals surface area contributed by atoms with E-state index >= 15 is 4.39 Å². The lowest BCUT2D eigenvalue weighted by Crippen LogP contribution is -2.50. The highest BCUT2D eigenvalue weighted by Gasteiger charge is 2.60. The van der Waals surface area contributed by atoms with Gasteiger partial charge in [0.1, 0.15) is 29.4 Å². The normalized spacial score (nSPS) is 28.7. The molecule has 39 heavy (non-hydrogen) atoms. The van der Waals surface area contributed by atoms with Crippen molar-refractivity contribution in [1.82, 2.24) is 19.4 Å². The number of pyridine rings is 1. The predicted octanol–water partition coefficient (Wildman–Crippen LogP) is 3.46. The molecule has 9 nitrogen and oxygen atoms in total. The van der Waals surface area contributed by atoms with Gasteiger partial charge in [-0.15, -0.1) is 0 Å². The fourth-order valence-corrected chi connectivity index (χ4v) is 6.67. The Hall–Kier alpha value is -3.74. The Bertz CT molecular complexity index is 1580. The van der Waals surface area contributed by atoms with Gasteiger partial charge < -0.3 is 28.6 Å². The van der Waals surface area contributed by atoms with Gasteiger partial charge in [0, 0.05) is 47.3 Å². The van der Waals surface area contributed by atoms with Crippen LogP contribution in [0, 0.1) is 5.82 Å². The molecule has 4 bridgehead atoms. The first-order valence-corrected chi connectivity index (χ1v) is 12.7. The number of hydrogen-bond acceptors (Lipinski definition) is 8. The SMILES string of the molecule is O[C@@H]1C[C@H](c2ccccc2OC(F)F)c2c1nc1cc(F)c(-c3cnc(N4[C@@H]5CO[C@H]6[C@H]5OC[C@H]64)nc3)cn21. The summed E-state index contributed by atoms with van der Waals surface area (Å²) in [4.78, 5) is 15.7. The van der Waals surface area contributed by atoms with Gasteiger partial charge in [0.25, 0.3) is 0 Å². The van der Waals surface area contributed by atoms with Gasteiger partial charge >= 0.3 is 6.61 Å².